The Labute approximate surface area is 172 Å². The fraction of sp³-hybridized carbons (Fsp3) is 0.381. The Morgan fingerprint density at radius 1 is 1.07 bits per heavy atom. The van der Waals surface area contributed by atoms with Gasteiger partial charge in [0.2, 0.25) is 0 Å². The molecule has 29 heavy (non-hydrogen) atoms. The van der Waals surface area contributed by atoms with Gasteiger partial charge >= 0.3 is 5.97 Å². The van der Waals surface area contributed by atoms with Gasteiger partial charge in [0.25, 0.3) is 10.0 Å². The van der Waals surface area contributed by atoms with E-state index in [2.05, 4.69) is 21.6 Å². The van der Waals surface area contributed by atoms with E-state index >= 15 is 0 Å². The Balaban J connectivity index is 1.87. The van der Waals surface area contributed by atoms with Crippen LogP contribution in [0.2, 0.25) is 0 Å². The van der Waals surface area contributed by atoms with Crippen molar-refractivity contribution in [2.45, 2.75) is 24.7 Å². The molecule has 0 aromatic heterocycles. The zero-order chi connectivity index (χ0) is 21.0. The second-order valence-corrected chi connectivity index (χ2v) is 8.96. The lowest BCUT2D eigenvalue weighted by Gasteiger charge is -2.24. The lowest BCUT2D eigenvalue weighted by Crippen LogP contribution is -2.29. The Kier molecular flexibility index (Phi) is 6.44. The van der Waals surface area contributed by atoms with Gasteiger partial charge in [-0.25, -0.2) is 13.2 Å². The second kappa shape index (κ2) is 8.84. The second-order valence-electron chi connectivity index (χ2n) is 7.28. The van der Waals surface area contributed by atoms with E-state index in [1.54, 1.807) is 24.3 Å². The van der Waals surface area contributed by atoms with Crippen LogP contribution >= 0.6 is 0 Å². The van der Waals surface area contributed by atoms with Gasteiger partial charge in [0, 0.05) is 25.3 Å². The number of aromatic carboxylic acids is 1. The van der Waals surface area contributed by atoms with Crippen LogP contribution < -0.4 is 9.62 Å². The maximum Gasteiger partial charge on any atom is 0.337 e. The number of sulfonamides is 1. The smallest absolute Gasteiger partial charge is 0.337 e. The normalized spacial score (nSPS) is 15.7. The summed E-state index contributed by atoms with van der Waals surface area (Å²) in [6, 6.07) is 11.4. The number of nitrogens with zero attached hydrogens (tertiary/aromatic N) is 2. The van der Waals surface area contributed by atoms with Gasteiger partial charge in [0.05, 0.1) is 16.1 Å². The van der Waals surface area contributed by atoms with E-state index in [9.17, 15) is 18.3 Å². The first-order valence-corrected chi connectivity index (χ1v) is 11.2. The van der Waals surface area contributed by atoms with Gasteiger partial charge in [-0.15, -0.1) is 0 Å². The highest BCUT2D eigenvalue weighted by Crippen LogP contribution is 2.26. The quantitative estimate of drug-likeness (QED) is 0.751. The van der Waals surface area contributed by atoms with Gasteiger partial charge in [-0.3, -0.25) is 4.72 Å². The number of carbonyl (C=O) groups is 1. The summed E-state index contributed by atoms with van der Waals surface area (Å²) >= 11 is 0. The van der Waals surface area contributed by atoms with Crippen molar-refractivity contribution < 1.29 is 18.3 Å². The van der Waals surface area contributed by atoms with Crippen molar-refractivity contribution in [3.05, 3.63) is 53.6 Å². The molecule has 1 fully saturated rings. The molecule has 0 saturated carbocycles. The van der Waals surface area contributed by atoms with Crippen LogP contribution in [0, 0.1) is 0 Å². The van der Waals surface area contributed by atoms with E-state index in [1.807, 2.05) is 6.92 Å². The number of aryl methyl sites for hydroxylation is 1. The highest BCUT2D eigenvalue weighted by atomic mass is 32.2. The molecule has 0 unspecified atom stereocenters. The first-order chi connectivity index (χ1) is 13.8. The molecule has 1 saturated heterocycles. The molecule has 0 bridgehead atoms. The minimum atomic E-state index is -3.88. The first-order valence-electron chi connectivity index (χ1n) is 9.73. The van der Waals surface area contributed by atoms with E-state index in [-0.39, 0.29) is 16.1 Å². The van der Waals surface area contributed by atoms with E-state index in [1.165, 1.54) is 18.2 Å². The molecular weight excluding hydrogens is 390 g/mol. The van der Waals surface area contributed by atoms with Crippen LogP contribution in [0.5, 0.6) is 0 Å². The molecule has 156 valence electrons. The maximum absolute atomic E-state index is 12.7. The van der Waals surface area contributed by atoms with E-state index in [4.69, 9.17) is 0 Å². The lowest BCUT2D eigenvalue weighted by molar-refractivity contribution is 0.0698. The van der Waals surface area contributed by atoms with E-state index in [0.29, 0.717) is 0 Å². The molecule has 1 aliphatic rings. The number of carboxylic acids is 1. The molecular formula is C21H27N3O4S. The number of likely N-dealkylation sites (N-methyl/N-ethyl adjacent to an activating group) is 1. The molecule has 2 N–H and O–H groups in total. The van der Waals surface area contributed by atoms with E-state index in [0.717, 1.165) is 50.3 Å². The molecule has 0 aliphatic carbocycles. The van der Waals surface area contributed by atoms with Crippen LogP contribution in [0.4, 0.5) is 11.4 Å². The number of anilines is 2. The highest BCUT2D eigenvalue weighted by Gasteiger charge is 2.21. The predicted molar refractivity (Wildman–Crippen MR) is 114 cm³/mol. The highest BCUT2D eigenvalue weighted by molar-refractivity contribution is 7.92. The summed E-state index contributed by atoms with van der Waals surface area (Å²) in [5, 5.41) is 9.66. The van der Waals surface area contributed by atoms with Crippen LogP contribution in [0.3, 0.4) is 0 Å². The molecule has 1 heterocycles. The molecule has 2 aromatic carbocycles. The summed E-state index contributed by atoms with van der Waals surface area (Å²) in [5.74, 6) is -1.17. The van der Waals surface area contributed by atoms with Gasteiger partial charge in [-0.2, -0.15) is 0 Å². The SMILES string of the molecule is CCc1ccc(S(=O)(=O)Nc2ccc(N3CCCN(C)CC3)cc2C(=O)O)cc1. The molecule has 0 amide bonds. The third-order valence-electron chi connectivity index (χ3n) is 5.20. The molecule has 3 rings (SSSR count). The summed E-state index contributed by atoms with van der Waals surface area (Å²) < 4.78 is 27.9. The van der Waals surface area contributed by atoms with Gasteiger partial charge in [0.15, 0.2) is 0 Å². The molecule has 1 aliphatic heterocycles. The lowest BCUT2D eigenvalue weighted by atomic mass is 10.1. The van der Waals surface area contributed by atoms with Gasteiger partial charge in [0.1, 0.15) is 0 Å². The average Bonchev–Trinajstić information content (AvgIpc) is 2.92. The molecule has 0 radical (unpaired) electrons. The minimum absolute atomic E-state index is 0.0612. The van der Waals surface area contributed by atoms with Crippen molar-refractivity contribution in [2.24, 2.45) is 0 Å². The average molecular weight is 418 g/mol. The summed E-state index contributed by atoms with van der Waals surface area (Å²) in [5.41, 5.74) is 1.82. The molecule has 0 spiro atoms. The topological polar surface area (TPSA) is 90.0 Å². The van der Waals surface area contributed by atoms with Crippen molar-refractivity contribution in [3.63, 3.8) is 0 Å². The van der Waals surface area contributed by atoms with Crippen LogP contribution in [0.1, 0.15) is 29.3 Å². The first kappa shape index (κ1) is 21.1. The fourth-order valence-corrected chi connectivity index (χ4v) is 4.49. The van der Waals surface area contributed by atoms with Gasteiger partial charge in [-0.1, -0.05) is 19.1 Å². The standard InChI is InChI=1S/C21H27N3O4S/c1-3-16-5-8-18(9-6-16)29(27,28)22-20-10-7-17(15-19(20)21(25)26)24-12-4-11-23(2)13-14-24/h5-10,15,22H,3-4,11-14H2,1-2H3,(H,25,26). The van der Waals surface area contributed by atoms with Crippen molar-refractivity contribution in [1.29, 1.82) is 0 Å². The number of rotatable bonds is 6. The number of hydrogen-bond donors (Lipinski definition) is 2. The largest absolute Gasteiger partial charge is 0.478 e. The number of hydrogen-bond acceptors (Lipinski definition) is 5. The van der Waals surface area contributed by atoms with Crippen LogP contribution in [0.15, 0.2) is 47.4 Å². The van der Waals surface area contributed by atoms with Gasteiger partial charge in [-0.05, 0) is 62.3 Å². The molecule has 2 aromatic rings. The predicted octanol–water partition coefficient (Wildman–Crippen LogP) is 2.89. The van der Waals surface area contributed by atoms with Crippen molar-refractivity contribution >= 4 is 27.4 Å². The Morgan fingerprint density at radius 3 is 2.45 bits per heavy atom. The van der Waals surface area contributed by atoms with Crippen LogP contribution in [-0.4, -0.2) is 57.6 Å². The molecule has 8 heteroatoms. The Morgan fingerprint density at radius 2 is 1.79 bits per heavy atom. The summed E-state index contributed by atoms with van der Waals surface area (Å²) in [6.45, 7) is 5.51. The summed E-state index contributed by atoms with van der Waals surface area (Å²) in [7, 11) is -1.81. The third kappa shape index (κ3) is 5.07. The zero-order valence-corrected chi connectivity index (χ0v) is 17.6. The van der Waals surface area contributed by atoms with Crippen molar-refractivity contribution in [2.75, 3.05) is 42.8 Å². The summed E-state index contributed by atoms with van der Waals surface area (Å²) in [6.07, 6.45) is 1.80. The third-order valence-corrected chi connectivity index (χ3v) is 6.59. The van der Waals surface area contributed by atoms with Crippen LogP contribution in [-0.2, 0) is 16.4 Å². The van der Waals surface area contributed by atoms with Crippen molar-refractivity contribution in [1.82, 2.24) is 4.90 Å². The number of carboxylic acid groups (broad SMARTS) is 1. The summed E-state index contributed by atoms with van der Waals surface area (Å²) in [4.78, 5) is 16.3. The Bertz CT molecular complexity index is 974. The van der Waals surface area contributed by atoms with Crippen LogP contribution in [0.25, 0.3) is 0 Å². The number of nitrogens with one attached hydrogen (secondary N) is 1. The van der Waals surface area contributed by atoms with Gasteiger partial charge < -0.3 is 14.9 Å². The molecule has 0 atom stereocenters. The zero-order valence-electron chi connectivity index (χ0n) is 16.8. The Hall–Kier alpha value is -2.58. The minimum Gasteiger partial charge on any atom is -0.478 e. The number of benzene rings is 2. The van der Waals surface area contributed by atoms with Crippen molar-refractivity contribution in [3.8, 4) is 0 Å². The molecule has 7 nitrogen and oxygen atoms in total. The monoisotopic (exact) mass is 417 g/mol. The van der Waals surface area contributed by atoms with E-state index < -0.39 is 16.0 Å². The fourth-order valence-electron chi connectivity index (χ4n) is 3.41. The maximum atomic E-state index is 12.7.